The van der Waals surface area contributed by atoms with Gasteiger partial charge in [-0.25, -0.2) is 8.93 Å². The minimum Gasteiger partial charge on any atom is -0.303 e. The molecule has 0 aliphatic heterocycles. The maximum atomic E-state index is 10.2. The second kappa shape index (κ2) is 9.78. The lowest BCUT2D eigenvalue weighted by atomic mass is 10.3. The van der Waals surface area contributed by atoms with Crippen LogP contribution in [0.2, 0.25) is 0 Å². The van der Waals surface area contributed by atoms with Crippen LogP contribution in [0.1, 0.15) is 20.8 Å². The van der Waals surface area contributed by atoms with Crippen molar-refractivity contribution in [3.8, 4) is 0 Å². The van der Waals surface area contributed by atoms with Crippen LogP contribution in [0.3, 0.4) is 0 Å². The highest BCUT2D eigenvalue weighted by Crippen LogP contribution is 1.78. The SMILES string of the molecule is CC(C)C=O.CCS(=O)NC. The summed E-state index contributed by atoms with van der Waals surface area (Å²) in [5.74, 6) is 0.895. The fraction of sp³-hybridized carbons (Fsp3) is 0.857. The molecule has 0 fully saturated rings. The third-order valence-corrected chi connectivity index (χ3v) is 1.74. The second-order valence-electron chi connectivity index (χ2n) is 2.22. The van der Waals surface area contributed by atoms with E-state index in [2.05, 4.69) is 4.72 Å². The number of hydrogen-bond acceptors (Lipinski definition) is 2. The van der Waals surface area contributed by atoms with Crippen LogP contribution in [0, 0.1) is 5.92 Å². The lowest BCUT2D eigenvalue weighted by Gasteiger charge is -1.87. The van der Waals surface area contributed by atoms with E-state index in [1.165, 1.54) is 0 Å². The van der Waals surface area contributed by atoms with Crippen LogP contribution in [0.4, 0.5) is 0 Å². The van der Waals surface area contributed by atoms with Crippen molar-refractivity contribution in [3.05, 3.63) is 0 Å². The van der Waals surface area contributed by atoms with Crippen molar-refractivity contribution < 1.29 is 9.00 Å². The van der Waals surface area contributed by atoms with Crippen LogP contribution in [0.15, 0.2) is 0 Å². The molecule has 0 aromatic carbocycles. The maximum Gasteiger partial charge on any atom is 0.122 e. The molecular formula is C7H17NO2S. The lowest BCUT2D eigenvalue weighted by Crippen LogP contribution is -2.11. The fourth-order valence-electron chi connectivity index (χ4n) is 0.144. The van der Waals surface area contributed by atoms with E-state index in [-0.39, 0.29) is 5.92 Å². The minimum atomic E-state index is -0.784. The first-order valence-corrected chi connectivity index (χ1v) is 4.91. The predicted octanol–water partition coefficient (Wildman–Crippen LogP) is 0.731. The maximum absolute atomic E-state index is 10.2. The van der Waals surface area contributed by atoms with E-state index in [1.54, 1.807) is 7.05 Å². The number of carbonyl (C=O) groups excluding carboxylic acids is 1. The predicted molar refractivity (Wildman–Crippen MR) is 48.6 cm³/mol. The molecule has 0 rings (SSSR count). The van der Waals surface area contributed by atoms with E-state index in [9.17, 15) is 9.00 Å². The van der Waals surface area contributed by atoms with Gasteiger partial charge in [0.15, 0.2) is 0 Å². The Morgan fingerprint density at radius 3 is 1.91 bits per heavy atom. The van der Waals surface area contributed by atoms with E-state index in [1.807, 2.05) is 20.8 Å². The summed E-state index contributed by atoms with van der Waals surface area (Å²) in [6, 6.07) is 0. The monoisotopic (exact) mass is 179 g/mol. The molecule has 0 aliphatic carbocycles. The highest BCUT2D eigenvalue weighted by atomic mass is 32.2. The summed E-state index contributed by atoms with van der Waals surface area (Å²) in [6.45, 7) is 5.58. The first-order valence-electron chi connectivity index (χ1n) is 3.59. The van der Waals surface area contributed by atoms with Gasteiger partial charge >= 0.3 is 0 Å². The first-order chi connectivity index (χ1) is 5.08. The highest BCUT2D eigenvalue weighted by Gasteiger charge is 1.81. The minimum absolute atomic E-state index is 0.204. The molecule has 0 spiro atoms. The van der Waals surface area contributed by atoms with E-state index in [0.717, 1.165) is 6.29 Å². The van der Waals surface area contributed by atoms with Gasteiger partial charge < -0.3 is 4.79 Å². The van der Waals surface area contributed by atoms with E-state index in [4.69, 9.17) is 0 Å². The fourth-order valence-corrected chi connectivity index (χ4v) is 0.433. The van der Waals surface area contributed by atoms with Crippen molar-refractivity contribution in [2.75, 3.05) is 12.8 Å². The van der Waals surface area contributed by atoms with Gasteiger partial charge in [0.25, 0.3) is 0 Å². The summed E-state index contributed by atoms with van der Waals surface area (Å²) in [6.07, 6.45) is 0.917. The Balaban J connectivity index is 0. The Hall–Kier alpha value is -0.220. The van der Waals surface area contributed by atoms with Crippen molar-refractivity contribution in [2.45, 2.75) is 20.8 Å². The van der Waals surface area contributed by atoms with Crippen molar-refractivity contribution >= 4 is 17.3 Å². The van der Waals surface area contributed by atoms with Crippen molar-refractivity contribution in [1.29, 1.82) is 0 Å². The summed E-state index contributed by atoms with van der Waals surface area (Å²) in [4.78, 5) is 9.50. The van der Waals surface area contributed by atoms with E-state index in [0.29, 0.717) is 5.75 Å². The molecule has 0 heterocycles. The van der Waals surface area contributed by atoms with Crippen LogP contribution in [0.5, 0.6) is 0 Å². The zero-order valence-electron chi connectivity index (χ0n) is 7.59. The molecule has 1 unspecified atom stereocenters. The summed E-state index contributed by atoms with van der Waals surface area (Å²) < 4.78 is 12.8. The smallest absolute Gasteiger partial charge is 0.122 e. The highest BCUT2D eigenvalue weighted by molar-refractivity contribution is 7.82. The van der Waals surface area contributed by atoms with Crippen LogP contribution in [0.25, 0.3) is 0 Å². The molecule has 0 aliphatic rings. The molecule has 0 bridgehead atoms. The number of hydrogen-bond donors (Lipinski definition) is 1. The molecular weight excluding hydrogens is 162 g/mol. The molecule has 11 heavy (non-hydrogen) atoms. The third-order valence-electron chi connectivity index (χ3n) is 0.762. The quantitative estimate of drug-likeness (QED) is 0.649. The first kappa shape index (κ1) is 13.4. The van der Waals surface area contributed by atoms with E-state index >= 15 is 0 Å². The normalized spacial score (nSPS) is 11.7. The van der Waals surface area contributed by atoms with Gasteiger partial charge in [0.2, 0.25) is 0 Å². The second-order valence-corrected chi connectivity index (χ2v) is 3.90. The van der Waals surface area contributed by atoms with Crippen molar-refractivity contribution in [2.24, 2.45) is 5.92 Å². The molecule has 0 aromatic heterocycles. The van der Waals surface area contributed by atoms with Gasteiger partial charge in [-0.15, -0.1) is 0 Å². The molecule has 0 amide bonds. The largest absolute Gasteiger partial charge is 0.303 e. The average molecular weight is 179 g/mol. The Kier molecular flexibility index (Phi) is 11.9. The van der Waals surface area contributed by atoms with Gasteiger partial charge in [0, 0.05) is 11.7 Å². The van der Waals surface area contributed by atoms with Gasteiger partial charge in [0.1, 0.15) is 6.29 Å². The Labute approximate surface area is 71.2 Å². The van der Waals surface area contributed by atoms with Crippen molar-refractivity contribution in [3.63, 3.8) is 0 Å². The molecule has 0 aromatic rings. The standard InChI is InChI=1S/C4H8O.C3H9NOS/c1-4(2)3-5;1-3-6(5)4-2/h3-4H,1-2H3;4H,3H2,1-2H3. The lowest BCUT2D eigenvalue weighted by molar-refractivity contribution is -0.110. The Bertz CT molecular complexity index is 109. The number of aldehydes is 1. The number of carbonyl (C=O) groups is 1. The molecule has 0 saturated carbocycles. The van der Waals surface area contributed by atoms with Gasteiger partial charge in [-0.1, -0.05) is 20.8 Å². The van der Waals surface area contributed by atoms with Crippen molar-refractivity contribution in [1.82, 2.24) is 4.72 Å². The Morgan fingerprint density at radius 1 is 1.55 bits per heavy atom. The van der Waals surface area contributed by atoms with E-state index < -0.39 is 11.0 Å². The Morgan fingerprint density at radius 2 is 1.91 bits per heavy atom. The van der Waals surface area contributed by atoms with Crippen LogP contribution in [-0.2, 0) is 15.8 Å². The van der Waals surface area contributed by atoms with Gasteiger partial charge in [-0.3, -0.25) is 0 Å². The zero-order valence-corrected chi connectivity index (χ0v) is 8.40. The van der Waals surface area contributed by atoms with Gasteiger partial charge in [0.05, 0.1) is 11.0 Å². The van der Waals surface area contributed by atoms with Gasteiger partial charge in [-0.05, 0) is 7.05 Å². The summed E-state index contributed by atoms with van der Waals surface area (Å²) in [7, 11) is 0.896. The van der Waals surface area contributed by atoms with Crippen LogP contribution in [-0.4, -0.2) is 23.3 Å². The number of rotatable bonds is 3. The topological polar surface area (TPSA) is 46.2 Å². The molecule has 1 atom stereocenters. The zero-order chi connectivity index (χ0) is 9.28. The van der Waals surface area contributed by atoms with Crippen LogP contribution >= 0.6 is 0 Å². The van der Waals surface area contributed by atoms with Crippen LogP contribution < -0.4 is 4.72 Å². The molecule has 0 radical (unpaired) electrons. The molecule has 1 N–H and O–H groups in total. The summed E-state index contributed by atoms with van der Waals surface area (Å²) in [5.41, 5.74) is 0. The third kappa shape index (κ3) is 17.7. The summed E-state index contributed by atoms with van der Waals surface area (Å²) in [5, 5.41) is 0. The average Bonchev–Trinajstić information content (AvgIpc) is 2.04. The molecule has 68 valence electrons. The summed E-state index contributed by atoms with van der Waals surface area (Å²) >= 11 is 0. The molecule has 4 heteroatoms. The molecule has 0 saturated heterocycles. The van der Waals surface area contributed by atoms with Gasteiger partial charge in [-0.2, -0.15) is 0 Å². The molecule has 3 nitrogen and oxygen atoms in total. The number of nitrogens with one attached hydrogen (secondary N) is 1.